The van der Waals surface area contributed by atoms with Gasteiger partial charge in [-0.25, -0.2) is 0 Å². The summed E-state index contributed by atoms with van der Waals surface area (Å²) in [6.07, 6.45) is 5.40. The Bertz CT molecular complexity index is 260. The van der Waals surface area contributed by atoms with Gasteiger partial charge in [-0.1, -0.05) is 20.3 Å². The molecule has 106 valence electrons. The summed E-state index contributed by atoms with van der Waals surface area (Å²) < 4.78 is 5.02. The predicted molar refractivity (Wildman–Crippen MR) is 77.0 cm³/mol. The van der Waals surface area contributed by atoms with Crippen LogP contribution in [-0.2, 0) is 4.74 Å². The zero-order valence-corrected chi connectivity index (χ0v) is 12.4. The topological polar surface area (TPSA) is 45.7 Å². The molecule has 4 nitrogen and oxygen atoms in total. The van der Waals surface area contributed by atoms with Crippen molar-refractivity contribution < 1.29 is 4.74 Å². The van der Waals surface area contributed by atoms with Gasteiger partial charge in [0.05, 0.1) is 6.61 Å². The molecule has 0 aromatic rings. The molecule has 1 aliphatic rings. The van der Waals surface area contributed by atoms with Crippen molar-refractivity contribution in [3.05, 3.63) is 0 Å². The molecule has 0 heterocycles. The molecule has 0 unspecified atom stereocenters. The van der Waals surface area contributed by atoms with Crippen LogP contribution < -0.4 is 10.6 Å². The van der Waals surface area contributed by atoms with E-state index in [9.17, 15) is 0 Å². The maximum absolute atomic E-state index is 5.02. The van der Waals surface area contributed by atoms with Crippen LogP contribution in [0.3, 0.4) is 0 Å². The molecular weight excluding hydrogens is 226 g/mol. The predicted octanol–water partition coefficient (Wildman–Crippen LogP) is 2.01. The minimum Gasteiger partial charge on any atom is -0.383 e. The molecule has 1 fully saturated rings. The van der Waals surface area contributed by atoms with Crippen LogP contribution >= 0.6 is 0 Å². The van der Waals surface area contributed by atoms with E-state index in [2.05, 4.69) is 29.5 Å². The smallest absolute Gasteiger partial charge is 0.191 e. The van der Waals surface area contributed by atoms with Gasteiger partial charge in [-0.15, -0.1) is 0 Å². The Balaban J connectivity index is 2.32. The molecule has 4 heteroatoms. The van der Waals surface area contributed by atoms with Crippen molar-refractivity contribution in [3.8, 4) is 0 Å². The second-order valence-electron chi connectivity index (χ2n) is 5.80. The van der Waals surface area contributed by atoms with Gasteiger partial charge in [-0.05, 0) is 30.6 Å². The lowest BCUT2D eigenvalue weighted by Gasteiger charge is -2.43. The van der Waals surface area contributed by atoms with Crippen LogP contribution in [0.25, 0.3) is 0 Å². The number of rotatable bonds is 7. The monoisotopic (exact) mass is 255 g/mol. The third-order valence-electron chi connectivity index (χ3n) is 3.71. The van der Waals surface area contributed by atoms with Crippen molar-refractivity contribution in [2.75, 3.05) is 33.9 Å². The van der Waals surface area contributed by atoms with E-state index in [0.29, 0.717) is 12.0 Å². The first kappa shape index (κ1) is 15.3. The molecule has 2 N–H and O–H groups in total. The van der Waals surface area contributed by atoms with Crippen molar-refractivity contribution >= 4 is 5.96 Å². The SMILES string of the molecule is CN=C(NCCOC)NCC1(CC(C)C)CCC1. The fourth-order valence-corrected chi connectivity index (χ4v) is 2.76. The molecule has 0 atom stereocenters. The summed E-state index contributed by atoms with van der Waals surface area (Å²) in [6.45, 7) is 7.17. The van der Waals surface area contributed by atoms with Gasteiger partial charge in [0.15, 0.2) is 5.96 Å². The first-order chi connectivity index (χ1) is 8.62. The van der Waals surface area contributed by atoms with Crippen molar-refractivity contribution in [3.63, 3.8) is 0 Å². The van der Waals surface area contributed by atoms with Gasteiger partial charge < -0.3 is 15.4 Å². The highest BCUT2D eigenvalue weighted by Crippen LogP contribution is 2.45. The van der Waals surface area contributed by atoms with Gasteiger partial charge in [-0.3, -0.25) is 4.99 Å². The van der Waals surface area contributed by atoms with Gasteiger partial charge in [0, 0.05) is 27.2 Å². The lowest BCUT2D eigenvalue weighted by atomic mass is 9.64. The summed E-state index contributed by atoms with van der Waals surface area (Å²) in [7, 11) is 3.53. The van der Waals surface area contributed by atoms with E-state index >= 15 is 0 Å². The van der Waals surface area contributed by atoms with E-state index in [1.165, 1.54) is 25.7 Å². The molecule has 0 spiro atoms. The average molecular weight is 255 g/mol. The molecular formula is C14H29N3O. The third kappa shape index (κ3) is 4.84. The Hall–Kier alpha value is -0.770. The third-order valence-corrected chi connectivity index (χ3v) is 3.71. The Kier molecular flexibility index (Phi) is 6.47. The second kappa shape index (κ2) is 7.62. The molecule has 0 aromatic carbocycles. The van der Waals surface area contributed by atoms with E-state index in [1.807, 2.05) is 7.05 Å². The van der Waals surface area contributed by atoms with Crippen LogP contribution in [0.1, 0.15) is 39.5 Å². The molecule has 18 heavy (non-hydrogen) atoms. The van der Waals surface area contributed by atoms with Crippen LogP contribution in [-0.4, -0.2) is 39.8 Å². The Morgan fingerprint density at radius 2 is 2.06 bits per heavy atom. The molecule has 1 rings (SSSR count). The number of nitrogens with one attached hydrogen (secondary N) is 2. The minimum atomic E-state index is 0.507. The van der Waals surface area contributed by atoms with Gasteiger partial charge in [-0.2, -0.15) is 0 Å². The highest BCUT2D eigenvalue weighted by molar-refractivity contribution is 5.79. The van der Waals surface area contributed by atoms with E-state index in [0.717, 1.165) is 25.0 Å². The molecule has 0 bridgehead atoms. The number of hydrogen-bond donors (Lipinski definition) is 2. The van der Waals surface area contributed by atoms with E-state index in [1.54, 1.807) is 7.11 Å². The molecule has 0 saturated heterocycles. The summed E-state index contributed by atoms with van der Waals surface area (Å²) in [5.41, 5.74) is 0.507. The summed E-state index contributed by atoms with van der Waals surface area (Å²) in [4.78, 5) is 4.24. The Morgan fingerprint density at radius 3 is 2.50 bits per heavy atom. The Morgan fingerprint density at radius 1 is 1.33 bits per heavy atom. The zero-order chi connectivity index (χ0) is 13.4. The van der Waals surface area contributed by atoms with E-state index in [-0.39, 0.29) is 0 Å². The number of methoxy groups -OCH3 is 1. The Labute approximate surface area is 112 Å². The second-order valence-corrected chi connectivity index (χ2v) is 5.80. The quantitative estimate of drug-likeness (QED) is 0.415. The molecule has 1 aliphatic carbocycles. The molecule has 1 saturated carbocycles. The zero-order valence-electron chi connectivity index (χ0n) is 12.4. The van der Waals surface area contributed by atoms with Crippen molar-refractivity contribution in [1.82, 2.24) is 10.6 Å². The maximum Gasteiger partial charge on any atom is 0.191 e. The van der Waals surface area contributed by atoms with Crippen LogP contribution in [0.15, 0.2) is 4.99 Å². The summed E-state index contributed by atoms with van der Waals surface area (Å²) in [6, 6.07) is 0. The maximum atomic E-state index is 5.02. The highest BCUT2D eigenvalue weighted by Gasteiger charge is 2.37. The number of hydrogen-bond acceptors (Lipinski definition) is 2. The fraction of sp³-hybridized carbons (Fsp3) is 0.929. The summed E-state index contributed by atoms with van der Waals surface area (Å²) >= 11 is 0. The molecule has 0 aliphatic heterocycles. The number of ether oxygens (including phenoxy) is 1. The van der Waals surface area contributed by atoms with Crippen LogP contribution in [0, 0.1) is 11.3 Å². The normalized spacial score (nSPS) is 18.6. The number of guanidine groups is 1. The van der Waals surface area contributed by atoms with Crippen LogP contribution in [0.2, 0.25) is 0 Å². The van der Waals surface area contributed by atoms with Crippen molar-refractivity contribution in [2.24, 2.45) is 16.3 Å². The first-order valence-electron chi connectivity index (χ1n) is 7.05. The van der Waals surface area contributed by atoms with Gasteiger partial charge in [0.25, 0.3) is 0 Å². The lowest BCUT2D eigenvalue weighted by Crippen LogP contribution is -2.47. The number of aliphatic imine (C=N–C) groups is 1. The van der Waals surface area contributed by atoms with E-state index in [4.69, 9.17) is 4.74 Å². The number of nitrogens with zero attached hydrogens (tertiary/aromatic N) is 1. The highest BCUT2D eigenvalue weighted by atomic mass is 16.5. The minimum absolute atomic E-state index is 0.507. The first-order valence-corrected chi connectivity index (χ1v) is 7.05. The summed E-state index contributed by atoms with van der Waals surface area (Å²) in [5, 5.41) is 6.72. The standard InChI is InChI=1S/C14H29N3O/c1-12(2)10-14(6-5-7-14)11-17-13(15-3)16-8-9-18-4/h12H,5-11H2,1-4H3,(H2,15,16,17). The average Bonchev–Trinajstić information content (AvgIpc) is 2.29. The lowest BCUT2D eigenvalue weighted by molar-refractivity contribution is 0.104. The van der Waals surface area contributed by atoms with Gasteiger partial charge in [0.2, 0.25) is 0 Å². The van der Waals surface area contributed by atoms with E-state index < -0.39 is 0 Å². The molecule has 0 radical (unpaired) electrons. The van der Waals surface area contributed by atoms with Gasteiger partial charge >= 0.3 is 0 Å². The van der Waals surface area contributed by atoms with Crippen LogP contribution in [0.5, 0.6) is 0 Å². The van der Waals surface area contributed by atoms with Gasteiger partial charge in [0.1, 0.15) is 0 Å². The van der Waals surface area contributed by atoms with Crippen molar-refractivity contribution in [1.29, 1.82) is 0 Å². The molecule has 0 amide bonds. The van der Waals surface area contributed by atoms with Crippen LogP contribution in [0.4, 0.5) is 0 Å². The largest absolute Gasteiger partial charge is 0.383 e. The van der Waals surface area contributed by atoms with Crippen molar-refractivity contribution in [2.45, 2.75) is 39.5 Å². The summed E-state index contributed by atoms with van der Waals surface area (Å²) in [5.74, 6) is 1.66. The molecule has 0 aromatic heterocycles. The fourth-order valence-electron chi connectivity index (χ4n) is 2.76.